The normalized spacial score (nSPS) is 11.8. The van der Waals surface area contributed by atoms with E-state index in [9.17, 15) is 0 Å². The highest BCUT2D eigenvalue weighted by Crippen LogP contribution is 2.42. The van der Waals surface area contributed by atoms with Crippen molar-refractivity contribution in [2.45, 2.75) is 0 Å². The van der Waals surface area contributed by atoms with Gasteiger partial charge in [-0.1, -0.05) is 115 Å². The van der Waals surface area contributed by atoms with Crippen LogP contribution < -0.4 is 0 Å². The van der Waals surface area contributed by atoms with Crippen LogP contribution in [-0.2, 0) is 0 Å². The summed E-state index contributed by atoms with van der Waals surface area (Å²) in [6.45, 7) is 0. The van der Waals surface area contributed by atoms with Crippen LogP contribution in [0.1, 0.15) is 0 Å². The minimum absolute atomic E-state index is 1.25. The highest BCUT2D eigenvalue weighted by atomic mass is 32.1. The van der Waals surface area contributed by atoms with Crippen LogP contribution in [0.2, 0.25) is 0 Å². The first-order valence-corrected chi connectivity index (χ1v) is 13.5. The summed E-state index contributed by atoms with van der Waals surface area (Å²) < 4.78 is 2.70. The van der Waals surface area contributed by atoms with Gasteiger partial charge >= 0.3 is 0 Å². The Balaban J connectivity index is 1.41. The lowest BCUT2D eigenvalue weighted by Crippen LogP contribution is -1.87. The molecule has 1 heteroatoms. The lowest BCUT2D eigenvalue weighted by Gasteiger charge is -2.14. The molecule has 1 aromatic heterocycles. The molecule has 0 saturated heterocycles. The second kappa shape index (κ2) is 8.03. The van der Waals surface area contributed by atoms with Gasteiger partial charge in [0.15, 0.2) is 0 Å². The second-order valence-corrected chi connectivity index (χ2v) is 10.8. The fourth-order valence-electron chi connectivity index (χ4n) is 5.93. The zero-order chi connectivity index (χ0) is 24.3. The number of benzene rings is 7. The summed E-state index contributed by atoms with van der Waals surface area (Å²) >= 11 is 1.89. The Morgan fingerprint density at radius 1 is 0.351 bits per heavy atom. The maximum Gasteiger partial charge on any atom is 0.0433 e. The molecule has 8 rings (SSSR count). The molecule has 0 saturated carbocycles. The summed E-state index contributed by atoms with van der Waals surface area (Å²) in [5.74, 6) is 0. The summed E-state index contributed by atoms with van der Waals surface area (Å²) in [6, 6.07) is 49.0. The zero-order valence-corrected chi connectivity index (χ0v) is 20.9. The molecule has 0 radical (unpaired) electrons. The van der Waals surface area contributed by atoms with E-state index in [4.69, 9.17) is 0 Å². The van der Waals surface area contributed by atoms with Crippen molar-refractivity contribution in [3.8, 4) is 22.3 Å². The van der Waals surface area contributed by atoms with Gasteiger partial charge in [-0.05, 0) is 72.8 Å². The molecule has 0 amide bonds. The molecule has 0 bridgehead atoms. The number of hydrogen-bond donors (Lipinski definition) is 0. The molecule has 0 N–H and O–H groups in total. The molecule has 8 aromatic rings. The van der Waals surface area contributed by atoms with Crippen molar-refractivity contribution in [1.29, 1.82) is 0 Å². The molecule has 0 aliphatic heterocycles. The minimum Gasteiger partial charge on any atom is -0.135 e. The maximum atomic E-state index is 2.40. The maximum absolute atomic E-state index is 2.40. The van der Waals surface area contributed by atoms with E-state index in [-0.39, 0.29) is 0 Å². The van der Waals surface area contributed by atoms with Crippen molar-refractivity contribution >= 4 is 63.8 Å². The number of fused-ring (bicyclic) bond motifs is 8. The fourth-order valence-corrected chi connectivity index (χ4v) is 7.17. The molecule has 0 atom stereocenters. The Morgan fingerprint density at radius 3 is 1.89 bits per heavy atom. The van der Waals surface area contributed by atoms with Crippen molar-refractivity contribution < 1.29 is 0 Å². The first kappa shape index (κ1) is 20.7. The summed E-state index contributed by atoms with van der Waals surface area (Å²) in [7, 11) is 0. The molecule has 0 nitrogen and oxygen atoms in total. The van der Waals surface area contributed by atoms with E-state index in [1.54, 1.807) is 0 Å². The highest BCUT2D eigenvalue weighted by molar-refractivity contribution is 7.26. The Labute approximate surface area is 219 Å². The van der Waals surface area contributed by atoms with Crippen molar-refractivity contribution in [3.05, 3.63) is 133 Å². The molecular weight excluding hydrogens is 464 g/mol. The summed E-state index contributed by atoms with van der Waals surface area (Å²) in [5.41, 5.74) is 5.10. The molecule has 0 aliphatic carbocycles. The molecule has 0 unspecified atom stereocenters. The minimum atomic E-state index is 1.25. The fraction of sp³-hybridized carbons (Fsp3) is 0. The van der Waals surface area contributed by atoms with Crippen LogP contribution in [0.25, 0.3) is 74.7 Å². The second-order valence-electron chi connectivity index (χ2n) is 9.71. The highest BCUT2D eigenvalue weighted by Gasteiger charge is 2.13. The molecule has 0 fully saturated rings. The third-order valence-corrected chi connectivity index (χ3v) is 8.88. The van der Waals surface area contributed by atoms with Crippen molar-refractivity contribution in [1.82, 2.24) is 0 Å². The molecule has 7 aromatic carbocycles. The van der Waals surface area contributed by atoms with Crippen LogP contribution in [0.4, 0.5) is 0 Å². The molecule has 0 aliphatic rings. The van der Waals surface area contributed by atoms with Crippen LogP contribution in [0.3, 0.4) is 0 Å². The van der Waals surface area contributed by atoms with Crippen LogP contribution in [-0.4, -0.2) is 0 Å². The van der Waals surface area contributed by atoms with E-state index in [2.05, 4.69) is 133 Å². The summed E-state index contributed by atoms with van der Waals surface area (Å²) in [6.07, 6.45) is 0. The van der Waals surface area contributed by atoms with Gasteiger partial charge in [0.25, 0.3) is 0 Å². The zero-order valence-electron chi connectivity index (χ0n) is 20.1. The number of hydrogen-bond acceptors (Lipinski definition) is 1. The Kier molecular flexibility index (Phi) is 4.49. The average molecular weight is 487 g/mol. The predicted octanol–water partition coefficient (Wildman–Crippen LogP) is 10.8. The smallest absolute Gasteiger partial charge is 0.0433 e. The van der Waals surface area contributed by atoms with Crippen molar-refractivity contribution in [3.63, 3.8) is 0 Å². The molecular formula is C36H22S. The third kappa shape index (κ3) is 3.15. The first-order valence-electron chi connectivity index (χ1n) is 12.7. The van der Waals surface area contributed by atoms with Crippen LogP contribution in [0.15, 0.2) is 133 Å². The quantitative estimate of drug-likeness (QED) is 0.213. The van der Waals surface area contributed by atoms with Crippen molar-refractivity contribution in [2.24, 2.45) is 0 Å². The Morgan fingerprint density at radius 2 is 1.00 bits per heavy atom. The van der Waals surface area contributed by atoms with E-state index in [0.29, 0.717) is 0 Å². The third-order valence-electron chi connectivity index (χ3n) is 7.66. The molecule has 1 heterocycles. The van der Waals surface area contributed by atoms with Gasteiger partial charge in [-0.15, -0.1) is 11.3 Å². The molecule has 172 valence electrons. The van der Waals surface area contributed by atoms with E-state index >= 15 is 0 Å². The topological polar surface area (TPSA) is 0 Å². The lowest BCUT2D eigenvalue weighted by atomic mass is 9.90. The monoisotopic (exact) mass is 486 g/mol. The van der Waals surface area contributed by atoms with E-state index in [0.717, 1.165) is 0 Å². The van der Waals surface area contributed by atoms with Gasteiger partial charge in [0.05, 0.1) is 0 Å². The van der Waals surface area contributed by atoms with E-state index in [1.165, 1.54) is 74.7 Å². The van der Waals surface area contributed by atoms with Gasteiger partial charge in [0, 0.05) is 20.2 Å². The summed E-state index contributed by atoms with van der Waals surface area (Å²) in [5, 5.41) is 10.5. The predicted molar refractivity (Wildman–Crippen MR) is 163 cm³/mol. The van der Waals surface area contributed by atoms with Gasteiger partial charge in [-0.2, -0.15) is 0 Å². The van der Waals surface area contributed by atoms with E-state index < -0.39 is 0 Å². The Hall–Kier alpha value is -4.46. The average Bonchev–Trinajstić information content (AvgIpc) is 3.35. The summed E-state index contributed by atoms with van der Waals surface area (Å²) in [4.78, 5) is 0. The first-order chi connectivity index (χ1) is 18.3. The van der Waals surface area contributed by atoms with Gasteiger partial charge in [-0.3, -0.25) is 0 Å². The standard InChI is InChI=1S/C36H22S/c1-2-12-26-23(9-1)19-20-30-28-13-3-4-14-29(28)33(22-34(26)30)25-11-7-10-24(21-25)27-16-8-17-32-31-15-5-6-18-35(31)37-36(27)32/h1-22H. The lowest BCUT2D eigenvalue weighted by molar-refractivity contribution is 1.64. The Bertz CT molecular complexity index is 2140. The number of thiophene rings is 1. The molecule has 37 heavy (non-hydrogen) atoms. The van der Waals surface area contributed by atoms with E-state index in [1.807, 2.05) is 11.3 Å². The van der Waals surface area contributed by atoms with Crippen LogP contribution in [0, 0.1) is 0 Å². The largest absolute Gasteiger partial charge is 0.135 e. The van der Waals surface area contributed by atoms with Crippen LogP contribution >= 0.6 is 11.3 Å². The SMILES string of the molecule is c1cc(-c2cc3c4ccccc4ccc3c3ccccc23)cc(-c2cccc3c2sc2ccccc23)c1. The van der Waals surface area contributed by atoms with Gasteiger partial charge in [0.2, 0.25) is 0 Å². The van der Waals surface area contributed by atoms with Crippen molar-refractivity contribution in [2.75, 3.05) is 0 Å². The van der Waals surface area contributed by atoms with Gasteiger partial charge < -0.3 is 0 Å². The number of rotatable bonds is 2. The van der Waals surface area contributed by atoms with Gasteiger partial charge in [0.1, 0.15) is 0 Å². The van der Waals surface area contributed by atoms with Gasteiger partial charge in [-0.25, -0.2) is 0 Å². The van der Waals surface area contributed by atoms with Crippen LogP contribution in [0.5, 0.6) is 0 Å². The molecule has 0 spiro atoms.